The van der Waals surface area contributed by atoms with Gasteiger partial charge in [-0.05, 0) is 31.2 Å². The number of nitrogens with one attached hydrogen (secondary N) is 1. The molecule has 3 heterocycles. The molecular weight excluding hydrogens is 314 g/mol. The molecule has 3 aromatic rings. The summed E-state index contributed by atoms with van der Waals surface area (Å²) in [5, 5.41) is 4.20. The lowest BCUT2D eigenvalue weighted by Gasteiger charge is -2.35. The molecule has 1 saturated heterocycles. The third-order valence-corrected chi connectivity index (χ3v) is 4.93. The quantitative estimate of drug-likeness (QED) is 0.796. The Hall–Kier alpha value is -2.60. The molecule has 0 bridgehead atoms. The largest absolute Gasteiger partial charge is 0.369 e. The van der Waals surface area contributed by atoms with Gasteiger partial charge in [-0.15, -0.1) is 0 Å². The third-order valence-electron chi connectivity index (χ3n) is 4.93. The summed E-state index contributed by atoms with van der Waals surface area (Å²) in [6.45, 7) is 9.57. The number of nitrogens with zero attached hydrogens (tertiary/aromatic N) is 4. The lowest BCUT2D eigenvalue weighted by atomic mass is 10.1. The maximum absolute atomic E-state index is 12.2. The molecule has 0 radical (unpaired) electrons. The van der Waals surface area contributed by atoms with Crippen LogP contribution in [0.2, 0.25) is 0 Å². The minimum atomic E-state index is -0.114. The lowest BCUT2D eigenvalue weighted by molar-refractivity contribution is 0.271. The highest BCUT2D eigenvalue weighted by molar-refractivity contribution is 5.65. The van der Waals surface area contributed by atoms with Crippen molar-refractivity contribution >= 4 is 11.3 Å². The van der Waals surface area contributed by atoms with Gasteiger partial charge in [-0.3, -0.25) is 4.79 Å². The van der Waals surface area contributed by atoms with Gasteiger partial charge in [0, 0.05) is 44.0 Å². The first-order chi connectivity index (χ1) is 12.1. The molecule has 0 unspecified atom stereocenters. The Morgan fingerprint density at radius 1 is 1.08 bits per heavy atom. The van der Waals surface area contributed by atoms with E-state index in [-0.39, 0.29) is 5.56 Å². The standard InChI is InChI=1S/C19H23N5O/c1-3-22-8-10-23(11-9-22)16-6-4-15(5-7-16)17-13-19(25)24-18(20-17)12-14(2)21-24/h4-7,12-13,20H,3,8-11H2,1-2H3. The fraction of sp³-hybridized carbons (Fsp3) is 0.368. The molecule has 1 aliphatic heterocycles. The van der Waals surface area contributed by atoms with E-state index < -0.39 is 0 Å². The van der Waals surface area contributed by atoms with Gasteiger partial charge in [-0.25, -0.2) is 0 Å². The van der Waals surface area contributed by atoms with Gasteiger partial charge in [0.05, 0.1) is 11.4 Å². The first kappa shape index (κ1) is 15.9. The number of fused-ring (bicyclic) bond motifs is 1. The van der Waals surface area contributed by atoms with Crippen LogP contribution in [0.25, 0.3) is 16.9 Å². The first-order valence-corrected chi connectivity index (χ1v) is 8.81. The minimum absolute atomic E-state index is 0.114. The van der Waals surface area contributed by atoms with E-state index in [4.69, 9.17) is 0 Å². The van der Waals surface area contributed by atoms with Crippen LogP contribution in [-0.2, 0) is 0 Å². The molecule has 0 saturated carbocycles. The van der Waals surface area contributed by atoms with Crippen LogP contribution in [0, 0.1) is 6.92 Å². The zero-order valence-electron chi connectivity index (χ0n) is 14.7. The van der Waals surface area contributed by atoms with Gasteiger partial charge in [0.15, 0.2) is 0 Å². The summed E-state index contributed by atoms with van der Waals surface area (Å²) in [6.07, 6.45) is 0. The van der Waals surface area contributed by atoms with Crippen molar-refractivity contribution in [1.29, 1.82) is 0 Å². The third kappa shape index (κ3) is 3.05. The smallest absolute Gasteiger partial charge is 0.274 e. The molecule has 130 valence electrons. The van der Waals surface area contributed by atoms with E-state index in [0.717, 1.165) is 55.3 Å². The van der Waals surface area contributed by atoms with Crippen LogP contribution in [0.15, 0.2) is 41.2 Å². The van der Waals surface area contributed by atoms with E-state index >= 15 is 0 Å². The van der Waals surface area contributed by atoms with Crippen molar-refractivity contribution in [3.05, 3.63) is 52.4 Å². The van der Waals surface area contributed by atoms with Gasteiger partial charge in [0.1, 0.15) is 5.65 Å². The molecule has 0 amide bonds. The summed E-state index contributed by atoms with van der Waals surface area (Å²) in [6, 6.07) is 11.9. The minimum Gasteiger partial charge on any atom is -0.369 e. The van der Waals surface area contributed by atoms with E-state index in [9.17, 15) is 4.79 Å². The first-order valence-electron chi connectivity index (χ1n) is 8.81. The maximum atomic E-state index is 12.2. The molecule has 0 spiro atoms. The fourth-order valence-corrected chi connectivity index (χ4v) is 3.44. The molecular formula is C19H23N5O. The number of hydrogen-bond acceptors (Lipinski definition) is 4. The highest BCUT2D eigenvalue weighted by atomic mass is 16.1. The van der Waals surface area contributed by atoms with E-state index in [1.165, 1.54) is 10.2 Å². The summed E-state index contributed by atoms with van der Waals surface area (Å²) in [5.41, 5.74) is 4.50. The van der Waals surface area contributed by atoms with Crippen molar-refractivity contribution in [3.63, 3.8) is 0 Å². The number of aromatic amines is 1. The maximum Gasteiger partial charge on any atom is 0.274 e. The molecule has 1 N–H and O–H groups in total. The second-order valence-electron chi connectivity index (χ2n) is 6.57. The molecule has 0 atom stereocenters. The van der Waals surface area contributed by atoms with Gasteiger partial charge >= 0.3 is 0 Å². The Labute approximate surface area is 146 Å². The molecule has 6 heteroatoms. The Balaban J connectivity index is 1.59. The highest BCUT2D eigenvalue weighted by Crippen LogP contribution is 2.22. The van der Waals surface area contributed by atoms with E-state index in [1.807, 2.05) is 13.0 Å². The summed E-state index contributed by atoms with van der Waals surface area (Å²) in [7, 11) is 0. The van der Waals surface area contributed by atoms with Crippen LogP contribution >= 0.6 is 0 Å². The predicted octanol–water partition coefficient (Wildman–Crippen LogP) is 2.14. The molecule has 4 rings (SSSR count). The number of benzene rings is 1. The van der Waals surface area contributed by atoms with Crippen LogP contribution < -0.4 is 10.5 Å². The van der Waals surface area contributed by atoms with Crippen LogP contribution in [-0.4, -0.2) is 52.2 Å². The van der Waals surface area contributed by atoms with Gasteiger partial charge in [0.2, 0.25) is 0 Å². The van der Waals surface area contributed by atoms with Crippen molar-refractivity contribution in [1.82, 2.24) is 19.5 Å². The zero-order chi connectivity index (χ0) is 17.4. The van der Waals surface area contributed by atoms with E-state index in [1.54, 1.807) is 6.07 Å². The van der Waals surface area contributed by atoms with Gasteiger partial charge < -0.3 is 14.8 Å². The van der Waals surface area contributed by atoms with Gasteiger partial charge in [0.25, 0.3) is 5.56 Å². The predicted molar refractivity (Wildman–Crippen MR) is 100 cm³/mol. The number of hydrogen-bond donors (Lipinski definition) is 1. The van der Waals surface area contributed by atoms with Crippen molar-refractivity contribution in [2.24, 2.45) is 0 Å². The van der Waals surface area contributed by atoms with Crippen LogP contribution in [0.3, 0.4) is 0 Å². The van der Waals surface area contributed by atoms with Gasteiger partial charge in [-0.2, -0.15) is 9.61 Å². The molecule has 25 heavy (non-hydrogen) atoms. The average Bonchev–Trinajstić information content (AvgIpc) is 3.03. The average molecular weight is 337 g/mol. The van der Waals surface area contributed by atoms with Crippen LogP contribution in [0.5, 0.6) is 0 Å². The van der Waals surface area contributed by atoms with Crippen molar-refractivity contribution < 1.29 is 0 Å². The number of piperazine rings is 1. The second kappa shape index (κ2) is 6.37. The summed E-state index contributed by atoms with van der Waals surface area (Å²) in [4.78, 5) is 20.4. The molecule has 0 aliphatic carbocycles. The molecule has 6 nitrogen and oxygen atoms in total. The van der Waals surface area contributed by atoms with Crippen LogP contribution in [0.1, 0.15) is 12.6 Å². The summed E-state index contributed by atoms with van der Waals surface area (Å²) >= 11 is 0. The molecule has 1 aliphatic rings. The fourth-order valence-electron chi connectivity index (χ4n) is 3.44. The number of anilines is 1. The number of likely N-dealkylation sites (N-methyl/N-ethyl adjacent to an activating group) is 1. The zero-order valence-corrected chi connectivity index (χ0v) is 14.7. The van der Waals surface area contributed by atoms with Crippen LogP contribution in [0.4, 0.5) is 5.69 Å². The molecule has 1 aromatic carbocycles. The van der Waals surface area contributed by atoms with Crippen molar-refractivity contribution in [2.75, 3.05) is 37.6 Å². The van der Waals surface area contributed by atoms with Crippen molar-refractivity contribution in [2.45, 2.75) is 13.8 Å². The monoisotopic (exact) mass is 337 g/mol. The Bertz CT molecular complexity index is 933. The van der Waals surface area contributed by atoms with Crippen molar-refractivity contribution in [3.8, 4) is 11.3 Å². The van der Waals surface area contributed by atoms with E-state index in [0.29, 0.717) is 0 Å². The molecule has 2 aromatic heterocycles. The number of rotatable bonds is 3. The lowest BCUT2D eigenvalue weighted by Crippen LogP contribution is -2.46. The highest BCUT2D eigenvalue weighted by Gasteiger charge is 2.16. The summed E-state index contributed by atoms with van der Waals surface area (Å²) in [5.74, 6) is 0. The number of H-pyrrole nitrogens is 1. The Kier molecular flexibility index (Phi) is 4.05. The number of aromatic nitrogens is 3. The SMILES string of the molecule is CCN1CCN(c2ccc(-c3cc(=O)n4nc(C)cc4[nH]3)cc2)CC1. The topological polar surface area (TPSA) is 56.6 Å². The Morgan fingerprint density at radius 3 is 2.48 bits per heavy atom. The normalized spacial score (nSPS) is 15.8. The number of aryl methyl sites for hydroxylation is 1. The summed E-state index contributed by atoms with van der Waals surface area (Å²) < 4.78 is 1.40. The van der Waals surface area contributed by atoms with E-state index in [2.05, 4.69) is 51.1 Å². The Morgan fingerprint density at radius 2 is 1.80 bits per heavy atom. The van der Waals surface area contributed by atoms with Gasteiger partial charge in [-0.1, -0.05) is 19.1 Å². The second-order valence-corrected chi connectivity index (χ2v) is 6.57. The molecule has 1 fully saturated rings.